The number of aromatic nitrogens is 4. The predicted molar refractivity (Wildman–Crippen MR) is 97.7 cm³/mol. The Morgan fingerprint density at radius 2 is 2.00 bits per heavy atom. The van der Waals surface area contributed by atoms with Crippen molar-refractivity contribution in [3.8, 4) is 0 Å². The summed E-state index contributed by atoms with van der Waals surface area (Å²) in [6, 6.07) is -0.968. The van der Waals surface area contributed by atoms with Crippen LogP contribution in [0.5, 0.6) is 0 Å². The lowest BCUT2D eigenvalue weighted by Gasteiger charge is -2.22. The summed E-state index contributed by atoms with van der Waals surface area (Å²) in [5.41, 5.74) is 17.8. The number of hydrogen-bond acceptors (Lipinski definition) is 10. The van der Waals surface area contributed by atoms with Crippen molar-refractivity contribution < 1.29 is 24.9 Å². The predicted octanol–water partition coefficient (Wildman–Crippen LogP) is -1.82. The van der Waals surface area contributed by atoms with Gasteiger partial charge in [-0.15, -0.1) is 0 Å². The number of nitrogens with two attached hydrogens (primary N) is 3. The van der Waals surface area contributed by atoms with E-state index in [0.29, 0.717) is 24.0 Å². The van der Waals surface area contributed by atoms with Crippen LogP contribution in [0, 0.1) is 5.92 Å². The molecule has 0 saturated carbocycles. The first-order chi connectivity index (χ1) is 13.3. The van der Waals surface area contributed by atoms with Crippen LogP contribution >= 0.6 is 0 Å². The molecular weight excluding hydrogens is 370 g/mol. The van der Waals surface area contributed by atoms with Crippen molar-refractivity contribution in [2.75, 3.05) is 12.3 Å². The summed E-state index contributed by atoms with van der Waals surface area (Å²) >= 11 is 0. The lowest BCUT2D eigenvalue weighted by Crippen LogP contribution is -2.35. The number of aliphatic carboxylic acids is 1. The van der Waals surface area contributed by atoms with Gasteiger partial charge in [-0.25, -0.2) is 15.0 Å². The van der Waals surface area contributed by atoms with Crippen LogP contribution in [-0.4, -0.2) is 71.7 Å². The van der Waals surface area contributed by atoms with Gasteiger partial charge in [0.1, 0.15) is 30.1 Å². The van der Waals surface area contributed by atoms with Crippen molar-refractivity contribution in [3.05, 3.63) is 12.7 Å². The second kappa shape index (κ2) is 8.32. The minimum Gasteiger partial charge on any atom is -0.480 e. The molecule has 6 atom stereocenters. The molecule has 2 aromatic rings. The zero-order chi connectivity index (χ0) is 20.4. The fourth-order valence-corrected chi connectivity index (χ4v) is 3.41. The number of ether oxygens (including phenoxy) is 1. The Labute approximate surface area is 160 Å². The molecule has 12 nitrogen and oxygen atoms in total. The van der Waals surface area contributed by atoms with Gasteiger partial charge in [-0.3, -0.25) is 9.36 Å². The average molecular weight is 395 g/mol. The van der Waals surface area contributed by atoms with Crippen LogP contribution in [0.1, 0.15) is 25.5 Å². The van der Waals surface area contributed by atoms with E-state index in [9.17, 15) is 15.0 Å². The number of fused-ring (bicyclic) bond motifs is 1. The van der Waals surface area contributed by atoms with Crippen LogP contribution in [0.3, 0.4) is 0 Å². The molecular formula is C16H25N7O5. The number of hydrogen-bond donors (Lipinski definition) is 6. The van der Waals surface area contributed by atoms with Crippen LogP contribution in [0.2, 0.25) is 0 Å². The minimum atomic E-state index is -1.21. The van der Waals surface area contributed by atoms with E-state index in [-0.39, 0.29) is 24.7 Å². The maximum atomic E-state index is 10.9. The molecule has 1 fully saturated rings. The van der Waals surface area contributed by atoms with Gasteiger partial charge in [-0.05, 0) is 31.7 Å². The number of rotatable bonds is 8. The number of aliphatic hydroxyl groups excluding tert-OH is 2. The number of aliphatic hydroxyl groups is 2. The van der Waals surface area contributed by atoms with E-state index in [1.807, 2.05) is 0 Å². The Morgan fingerprint density at radius 3 is 2.68 bits per heavy atom. The van der Waals surface area contributed by atoms with E-state index in [2.05, 4.69) is 15.0 Å². The second-order valence-corrected chi connectivity index (χ2v) is 6.99. The number of imidazole rings is 1. The Bertz CT molecular complexity index is 831. The highest BCUT2D eigenvalue weighted by molar-refractivity contribution is 5.81. The fourth-order valence-electron chi connectivity index (χ4n) is 3.41. The molecule has 1 saturated heterocycles. The number of anilines is 1. The molecule has 1 aliphatic heterocycles. The molecule has 2 aromatic heterocycles. The van der Waals surface area contributed by atoms with E-state index in [4.69, 9.17) is 27.0 Å². The first-order valence-corrected chi connectivity index (χ1v) is 8.96. The van der Waals surface area contributed by atoms with E-state index < -0.39 is 36.6 Å². The summed E-state index contributed by atoms with van der Waals surface area (Å²) in [6.45, 7) is 0.275. The third-order valence-electron chi connectivity index (χ3n) is 5.10. The highest BCUT2D eigenvalue weighted by Crippen LogP contribution is 2.35. The molecule has 0 aliphatic carbocycles. The largest absolute Gasteiger partial charge is 0.480 e. The van der Waals surface area contributed by atoms with Crippen LogP contribution in [-0.2, 0) is 9.53 Å². The summed E-state index contributed by atoms with van der Waals surface area (Å²) in [6.07, 6.45) is -0.177. The first kappa shape index (κ1) is 20.4. The maximum Gasteiger partial charge on any atom is 0.320 e. The van der Waals surface area contributed by atoms with E-state index in [1.54, 1.807) is 0 Å². The van der Waals surface area contributed by atoms with Crippen molar-refractivity contribution in [1.82, 2.24) is 19.5 Å². The van der Waals surface area contributed by atoms with Gasteiger partial charge >= 0.3 is 5.97 Å². The number of carboxylic acid groups (broad SMARTS) is 1. The third kappa shape index (κ3) is 3.91. The van der Waals surface area contributed by atoms with Crippen molar-refractivity contribution in [3.63, 3.8) is 0 Å². The molecule has 1 unspecified atom stereocenters. The van der Waals surface area contributed by atoms with Gasteiger partial charge in [-0.1, -0.05) is 0 Å². The fraction of sp³-hybridized carbons (Fsp3) is 0.625. The molecule has 3 heterocycles. The topological polar surface area (TPSA) is 209 Å². The first-order valence-electron chi connectivity index (χ1n) is 8.96. The minimum absolute atomic E-state index is 0.117. The van der Waals surface area contributed by atoms with Gasteiger partial charge in [0.25, 0.3) is 0 Å². The number of carbonyl (C=O) groups is 1. The van der Waals surface area contributed by atoms with Crippen LogP contribution < -0.4 is 17.2 Å². The molecule has 0 amide bonds. The van der Waals surface area contributed by atoms with Gasteiger partial charge in [0, 0.05) is 0 Å². The van der Waals surface area contributed by atoms with Crippen LogP contribution in [0.25, 0.3) is 11.2 Å². The van der Waals surface area contributed by atoms with Crippen LogP contribution in [0.4, 0.5) is 5.82 Å². The lowest BCUT2D eigenvalue weighted by molar-refractivity contribution is -0.138. The smallest absolute Gasteiger partial charge is 0.320 e. The van der Waals surface area contributed by atoms with Gasteiger partial charge in [0.05, 0.1) is 12.4 Å². The van der Waals surface area contributed by atoms with Crippen molar-refractivity contribution >= 4 is 23.0 Å². The Kier molecular flexibility index (Phi) is 6.05. The molecule has 12 heteroatoms. The average Bonchev–Trinajstić information content (AvgIpc) is 3.21. The summed E-state index contributed by atoms with van der Waals surface area (Å²) in [4.78, 5) is 23.0. The molecule has 0 bridgehead atoms. The number of nitrogens with zero attached hydrogens (tertiary/aromatic N) is 4. The molecule has 28 heavy (non-hydrogen) atoms. The highest BCUT2D eigenvalue weighted by atomic mass is 16.6. The second-order valence-electron chi connectivity index (χ2n) is 6.99. The number of nitrogen functional groups attached to an aromatic ring is 1. The zero-order valence-electron chi connectivity index (χ0n) is 15.1. The van der Waals surface area contributed by atoms with E-state index in [1.165, 1.54) is 17.2 Å². The van der Waals surface area contributed by atoms with E-state index >= 15 is 0 Å². The molecule has 0 aromatic carbocycles. The summed E-state index contributed by atoms with van der Waals surface area (Å²) in [5, 5.41) is 29.8. The highest BCUT2D eigenvalue weighted by Gasteiger charge is 2.44. The van der Waals surface area contributed by atoms with Crippen molar-refractivity contribution in [1.29, 1.82) is 0 Å². The molecule has 0 spiro atoms. The molecule has 3 rings (SSSR count). The molecule has 0 radical (unpaired) electrons. The Morgan fingerprint density at radius 1 is 1.25 bits per heavy atom. The maximum absolute atomic E-state index is 10.9. The summed E-state index contributed by atoms with van der Waals surface area (Å²) < 4.78 is 7.38. The molecule has 1 aliphatic rings. The van der Waals surface area contributed by atoms with Gasteiger partial charge in [-0.2, -0.15) is 0 Å². The quantitative estimate of drug-likeness (QED) is 0.293. The normalized spacial score (nSPS) is 27.1. The van der Waals surface area contributed by atoms with Crippen molar-refractivity contribution in [2.45, 2.75) is 49.8 Å². The van der Waals surface area contributed by atoms with Gasteiger partial charge in [0.15, 0.2) is 17.7 Å². The van der Waals surface area contributed by atoms with E-state index in [0.717, 1.165) is 0 Å². The van der Waals surface area contributed by atoms with Crippen molar-refractivity contribution in [2.24, 2.45) is 17.4 Å². The summed E-state index contributed by atoms with van der Waals surface area (Å²) in [5.74, 6) is -0.989. The lowest BCUT2D eigenvalue weighted by atomic mass is 9.92. The molecule has 9 N–H and O–H groups in total. The van der Waals surface area contributed by atoms with Gasteiger partial charge < -0.3 is 37.3 Å². The zero-order valence-corrected chi connectivity index (χ0v) is 15.1. The third-order valence-corrected chi connectivity index (χ3v) is 5.10. The SMILES string of the molecule is NC[C@@H](CC[C@H](N)C(=O)O)C[C@H]1O[C@@H](n2cnc3c(N)ncnc32)[C@@H](O)C1O. The van der Waals surface area contributed by atoms with Crippen LogP contribution in [0.15, 0.2) is 12.7 Å². The summed E-state index contributed by atoms with van der Waals surface area (Å²) in [7, 11) is 0. The standard InChI is InChI=1S/C16H25N7O5/c17-4-7(1-2-8(18)16(26)27)3-9-11(24)12(25)15(28-9)23-6-22-10-13(19)20-5-21-14(10)23/h5-9,11-12,15,24-25H,1-4,17-18H2,(H,26,27)(H2,19,20,21)/t7-,8-,9+,11?,12-,15+/m0/s1. The Hall–Kier alpha value is -2.38. The monoisotopic (exact) mass is 395 g/mol. The molecule has 154 valence electrons. The van der Waals surface area contributed by atoms with Gasteiger partial charge in [0.2, 0.25) is 0 Å². The number of carboxylic acids is 1. The Balaban J connectivity index is 1.71.